The standard InChI is InChI=1S/C18H29NO2S/c1-13(2)14-8-9-16(15(12-14)17(3,4)5)22(20,21)19-11-10-18(19,6)7/h8-9,12-13H,10-11H2,1-7H3. The van der Waals surface area contributed by atoms with E-state index in [1.165, 1.54) is 5.56 Å². The van der Waals surface area contributed by atoms with Crippen molar-refractivity contribution in [2.45, 2.75) is 76.7 Å². The molecule has 1 heterocycles. The van der Waals surface area contributed by atoms with Crippen LogP contribution in [0.15, 0.2) is 23.1 Å². The Kier molecular flexibility index (Phi) is 4.25. The molecule has 124 valence electrons. The smallest absolute Gasteiger partial charge is 0.207 e. The van der Waals surface area contributed by atoms with Gasteiger partial charge in [-0.15, -0.1) is 0 Å². The van der Waals surface area contributed by atoms with Crippen molar-refractivity contribution in [3.05, 3.63) is 29.3 Å². The molecule has 1 aliphatic heterocycles. The molecule has 3 nitrogen and oxygen atoms in total. The molecule has 0 spiro atoms. The minimum Gasteiger partial charge on any atom is -0.207 e. The van der Waals surface area contributed by atoms with Crippen molar-refractivity contribution < 1.29 is 8.42 Å². The lowest BCUT2D eigenvalue weighted by molar-refractivity contribution is 0.110. The van der Waals surface area contributed by atoms with E-state index in [0.717, 1.165) is 12.0 Å². The van der Waals surface area contributed by atoms with E-state index in [-0.39, 0.29) is 11.0 Å². The fraction of sp³-hybridized carbons (Fsp3) is 0.667. The SMILES string of the molecule is CC(C)c1ccc(S(=O)(=O)N2CCC2(C)C)c(C(C)(C)C)c1. The molecule has 4 heteroatoms. The second-order valence-electron chi connectivity index (χ2n) is 8.30. The van der Waals surface area contributed by atoms with Crippen LogP contribution >= 0.6 is 0 Å². The zero-order valence-corrected chi connectivity index (χ0v) is 15.7. The zero-order valence-electron chi connectivity index (χ0n) is 14.9. The molecule has 0 amide bonds. The number of nitrogens with zero attached hydrogens (tertiary/aromatic N) is 1. The summed E-state index contributed by atoms with van der Waals surface area (Å²) in [5, 5.41) is 0. The molecule has 0 atom stereocenters. The van der Waals surface area contributed by atoms with Crippen LogP contribution in [-0.2, 0) is 15.4 Å². The van der Waals surface area contributed by atoms with Crippen molar-refractivity contribution >= 4 is 10.0 Å². The summed E-state index contributed by atoms with van der Waals surface area (Å²) < 4.78 is 27.8. The molecular formula is C18H29NO2S. The maximum absolute atomic E-state index is 13.1. The van der Waals surface area contributed by atoms with Gasteiger partial charge in [-0.05, 0) is 48.8 Å². The second-order valence-corrected chi connectivity index (χ2v) is 10.1. The van der Waals surface area contributed by atoms with Gasteiger partial charge in [0.1, 0.15) is 0 Å². The summed E-state index contributed by atoms with van der Waals surface area (Å²) in [5.74, 6) is 0.387. The average Bonchev–Trinajstić information content (AvgIpc) is 2.35. The van der Waals surface area contributed by atoms with E-state index in [1.54, 1.807) is 10.4 Å². The van der Waals surface area contributed by atoms with Crippen molar-refractivity contribution in [1.29, 1.82) is 0 Å². The van der Waals surface area contributed by atoms with Crippen LogP contribution in [0.2, 0.25) is 0 Å². The van der Waals surface area contributed by atoms with E-state index in [1.807, 2.05) is 19.9 Å². The summed E-state index contributed by atoms with van der Waals surface area (Å²) in [6, 6.07) is 5.84. The molecule has 0 saturated carbocycles. The van der Waals surface area contributed by atoms with Gasteiger partial charge < -0.3 is 0 Å². The first-order chi connectivity index (χ1) is 9.87. The van der Waals surface area contributed by atoms with Crippen molar-refractivity contribution in [3.8, 4) is 0 Å². The lowest BCUT2D eigenvalue weighted by atomic mass is 9.85. The lowest BCUT2D eigenvalue weighted by Crippen LogP contribution is -2.58. The summed E-state index contributed by atoms with van der Waals surface area (Å²) in [7, 11) is -3.43. The highest BCUT2D eigenvalue weighted by atomic mass is 32.2. The Morgan fingerprint density at radius 2 is 1.77 bits per heavy atom. The van der Waals surface area contributed by atoms with Crippen LogP contribution in [0.3, 0.4) is 0 Å². The van der Waals surface area contributed by atoms with E-state index in [0.29, 0.717) is 17.4 Å². The van der Waals surface area contributed by atoms with E-state index < -0.39 is 10.0 Å². The van der Waals surface area contributed by atoms with Gasteiger partial charge in [-0.25, -0.2) is 8.42 Å². The average molecular weight is 324 g/mol. The van der Waals surface area contributed by atoms with E-state index in [9.17, 15) is 8.42 Å². The van der Waals surface area contributed by atoms with Gasteiger partial charge in [0, 0.05) is 12.1 Å². The first-order valence-corrected chi connectivity index (χ1v) is 9.48. The highest BCUT2D eigenvalue weighted by Gasteiger charge is 2.45. The van der Waals surface area contributed by atoms with E-state index in [4.69, 9.17) is 0 Å². The van der Waals surface area contributed by atoms with Crippen LogP contribution in [0.25, 0.3) is 0 Å². The Bertz CT molecular complexity index is 667. The Morgan fingerprint density at radius 1 is 1.18 bits per heavy atom. The number of rotatable bonds is 3. The fourth-order valence-corrected chi connectivity index (χ4v) is 5.13. The molecule has 0 aromatic heterocycles. The molecule has 1 fully saturated rings. The number of benzene rings is 1. The Morgan fingerprint density at radius 3 is 2.14 bits per heavy atom. The molecule has 1 aliphatic rings. The van der Waals surface area contributed by atoms with Crippen LogP contribution in [0.4, 0.5) is 0 Å². The molecule has 0 N–H and O–H groups in total. The third kappa shape index (κ3) is 2.95. The molecular weight excluding hydrogens is 294 g/mol. The molecule has 1 aromatic rings. The van der Waals surface area contributed by atoms with Gasteiger partial charge in [0.15, 0.2) is 0 Å². The normalized spacial score (nSPS) is 19.3. The molecule has 2 rings (SSSR count). The van der Waals surface area contributed by atoms with E-state index in [2.05, 4.69) is 40.7 Å². The largest absolute Gasteiger partial charge is 0.243 e. The topological polar surface area (TPSA) is 37.4 Å². The van der Waals surface area contributed by atoms with Crippen LogP contribution in [0.5, 0.6) is 0 Å². The van der Waals surface area contributed by atoms with Crippen molar-refractivity contribution in [2.24, 2.45) is 0 Å². The molecule has 0 radical (unpaired) electrons. The first kappa shape index (κ1) is 17.5. The van der Waals surface area contributed by atoms with Gasteiger partial charge in [0.05, 0.1) is 4.90 Å². The molecule has 22 heavy (non-hydrogen) atoms. The summed E-state index contributed by atoms with van der Waals surface area (Å²) in [6.45, 7) is 15.1. The van der Waals surface area contributed by atoms with Gasteiger partial charge in [0.25, 0.3) is 0 Å². The predicted molar refractivity (Wildman–Crippen MR) is 91.8 cm³/mol. The zero-order chi connectivity index (χ0) is 16.9. The van der Waals surface area contributed by atoms with Gasteiger partial charge in [-0.1, -0.05) is 46.8 Å². The Labute approximate surface area is 135 Å². The first-order valence-electron chi connectivity index (χ1n) is 8.04. The third-order valence-corrected chi connectivity index (χ3v) is 6.82. The van der Waals surface area contributed by atoms with Gasteiger partial charge in [-0.2, -0.15) is 4.31 Å². The third-order valence-electron chi connectivity index (χ3n) is 4.65. The molecule has 0 bridgehead atoms. The molecule has 0 unspecified atom stereocenters. The second kappa shape index (κ2) is 5.34. The number of hydrogen-bond donors (Lipinski definition) is 0. The molecule has 0 aliphatic carbocycles. The van der Waals surface area contributed by atoms with Crippen LogP contribution < -0.4 is 0 Å². The number of hydrogen-bond acceptors (Lipinski definition) is 2. The van der Waals surface area contributed by atoms with Gasteiger partial charge >= 0.3 is 0 Å². The Balaban J connectivity index is 2.60. The summed E-state index contributed by atoms with van der Waals surface area (Å²) in [4.78, 5) is 0.470. The highest BCUT2D eigenvalue weighted by Crippen LogP contribution is 2.39. The summed E-state index contributed by atoms with van der Waals surface area (Å²) in [5.41, 5.74) is 1.63. The minimum absolute atomic E-state index is 0.206. The molecule has 1 saturated heterocycles. The lowest BCUT2D eigenvalue weighted by Gasteiger charge is -2.47. The van der Waals surface area contributed by atoms with Crippen LogP contribution in [0.1, 0.15) is 71.9 Å². The quantitative estimate of drug-likeness (QED) is 0.832. The van der Waals surface area contributed by atoms with Gasteiger partial charge in [0.2, 0.25) is 10.0 Å². The van der Waals surface area contributed by atoms with Crippen LogP contribution in [0, 0.1) is 0 Å². The Hall–Kier alpha value is -0.870. The highest BCUT2D eigenvalue weighted by molar-refractivity contribution is 7.89. The van der Waals surface area contributed by atoms with Gasteiger partial charge in [-0.3, -0.25) is 0 Å². The number of sulfonamides is 1. The fourth-order valence-electron chi connectivity index (χ4n) is 2.93. The van der Waals surface area contributed by atoms with Crippen molar-refractivity contribution in [2.75, 3.05) is 6.54 Å². The maximum atomic E-state index is 13.1. The maximum Gasteiger partial charge on any atom is 0.243 e. The summed E-state index contributed by atoms with van der Waals surface area (Å²) >= 11 is 0. The van der Waals surface area contributed by atoms with Crippen molar-refractivity contribution in [1.82, 2.24) is 4.31 Å². The van der Waals surface area contributed by atoms with E-state index >= 15 is 0 Å². The van der Waals surface area contributed by atoms with Crippen LogP contribution in [-0.4, -0.2) is 24.8 Å². The van der Waals surface area contributed by atoms with Crippen molar-refractivity contribution in [3.63, 3.8) is 0 Å². The minimum atomic E-state index is -3.43. The predicted octanol–water partition coefficient (Wildman–Crippen LogP) is 4.28. The molecule has 1 aromatic carbocycles. The monoisotopic (exact) mass is 323 g/mol. The summed E-state index contributed by atoms with van der Waals surface area (Å²) in [6.07, 6.45) is 0.918.